The maximum absolute atomic E-state index is 12.8. The molecule has 1 saturated heterocycles. The second-order valence-corrected chi connectivity index (χ2v) is 8.75. The van der Waals surface area contributed by atoms with Crippen LogP contribution in [0.5, 0.6) is 5.75 Å². The lowest BCUT2D eigenvalue weighted by Crippen LogP contribution is -2.51. The molecule has 0 N–H and O–H groups in total. The van der Waals surface area contributed by atoms with E-state index in [2.05, 4.69) is 4.90 Å². The molecular formula is C21H27N3O4S. The van der Waals surface area contributed by atoms with Crippen molar-refractivity contribution in [2.24, 2.45) is 0 Å². The van der Waals surface area contributed by atoms with E-state index in [0.717, 1.165) is 11.4 Å². The predicted molar refractivity (Wildman–Crippen MR) is 113 cm³/mol. The van der Waals surface area contributed by atoms with Gasteiger partial charge in [-0.25, -0.2) is 8.42 Å². The Morgan fingerprint density at radius 1 is 1.00 bits per heavy atom. The van der Waals surface area contributed by atoms with Gasteiger partial charge in [-0.3, -0.25) is 4.79 Å². The summed E-state index contributed by atoms with van der Waals surface area (Å²) in [6.07, 6.45) is 0. The van der Waals surface area contributed by atoms with Crippen molar-refractivity contribution in [3.8, 4) is 5.75 Å². The van der Waals surface area contributed by atoms with E-state index in [-0.39, 0.29) is 23.9 Å². The maximum Gasteiger partial charge on any atom is 0.243 e. The van der Waals surface area contributed by atoms with Crippen molar-refractivity contribution in [1.82, 2.24) is 9.21 Å². The average molecular weight is 418 g/mol. The Bertz CT molecular complexity index is 909. The van der Waals surface area contributed by atoms with Crippen molar-refractivity contribution < 1.29 is 17.9 Å². The smallest absolute Gasteiger partial charge is 0.243 e. The van der Waals surface area contributed by atoms with Gasteiger partial charge in [0.1, 0.15) is 5.75 Å². The van der Waals surface area contributed by atoms with Gasteiger partial charge in [0.15, 0.2) is 0 Å². The average Bonchev–Trinajstić information content (AvgIpc) is 2.78. The topological polar surface area (TPSA) is 70.2 Å². The van der Waals surface area contributed by atoms with Gasteiger partial charge in [-0.1, -0.05) is 25.1 Å². The number of amides is 1. The van der Waals surface area contributed by atoms with Crippen molar-refractivity contribution in [2.75, 3.05) is 51.3 Å². The molecule has 2 aromatic carbocycles. The summed E-state index contributed by atoms with van der Waals surface area (Å²) >= 11 is 0. The van der Waals surface area contributed by atoms with Crippen molar-refractivity contribution in [3.05, 3.63) is 54.6 Å². The summed E-state index contributed by atoms with van der Waals surface area (Å²) < 4.78 is 32.0. The molecule has 0 aromatic heterocycles. The van der Waals surface area contributed by atoms with Gasteiger partial charge in [-0.2, -0.15) is 4.31 Å². The molecule has 156 valence electrons. The van der Waals surface area contributed by atoms with Crippen molar-refractivity contribution in [1.29, 1.82) is 0 Å². The van der Waals surface area contributed by atoms with E-state index >= 15 is 0 Å². The van der Waals surface area contributed by atoms with E-state index in [9.17, 15) is 13.2 Å². The van der Waals surface area contributed by atoms with Gasteiger partial charge in [-0.05, 0) is 36.4 Å². The molecule has 0 atom stereocenters. The fraction of sp³-hybridized carbons (Fsp3) is 0.381. The van der Waals surface area contributed by atoms with E-state index in [1.807, 2.05) is 24.3 Å². The molecule has 1 amide bonds. The number of hydrogen-bond donors (Lipinski definition) is 0. The van der Waals surface area contributed by atoms with Crippen LogP contribution in [0.25, 0.3) is 0 Å². The van der Waals surface area contributed by atoms with E-state index in [4.69, 9.17) is 4.74 Å². The molecule has 0 spiro atoms. The van der Waals surface area contributed by atoms with Gasteiger partial charge >= 0.3 is 0 Å². The second kappa shape index (κ2) is 9.28. The molecule has 0 aliphatic carbocycles. The molecule has 7 nitrogen and oxygen atoms in total. The number of carbonyl (C=O) groups is 1. The largest absolute Gasteiger partial charge is 0.497 e. The molecular weight excluding hydrogens is 390 g/mol. The Morgan fingerprint density at radius 2 is 1.62 bits per heavy atom. The van der Waals surface area contributed by atoms with Crippen LogP contribution in [0.4, 0.5) is 5.69 Å². The molecule has 0 radical (unpaired) electrons. The summed E-state index contributed by atoms with van der Waals surface area (Å²) in [7, 11) is -2.05. The minimum atomic E-state index is -3.68. The number of methoxy groups -OCH3 is 1. The molecule has 1 fully saturated rings. The zero-order valence-electron chi connectivity index (χ0n) is 16.8. The molecule has 1 heterocycles. The Labute approximate surface area is 172 Å². The molecule has 2 aromatic rings. The fourth-order valence-electron chi connectivity index (χ4n) is 3.37. The molecule has 0 unspecified atom stereocenters. The van der Waals surface area contributed by atoms with E-state index in [1.54, 1.807) is 49.3 Å². The highest BCUT2D eigenvalue weighted by molar-refractivity contribution is 7.89. The van der Waals surface area contributed by atoms with Crippen LogP contribution in [0.15, 0.2) is 59.5 Å². The monoisotopic (exact) mass is 417 g/mol. The van der Waals surface area contributed by atoms with E-state index in [0.29, 0.717) is 26.2 Å². The third kappa shape index (κ3) is 4.89. The van der Waals surface area contributed by atoms with Gasteiger partial charge in [0.05, 0.1) is 18.6 Å². The number of piperazine rings is 1. The molecule has 1 aliphatic heterocycles. The van der Waals surface area contributed by atoms with Crippen LogP contribution in [0.3, 0.4) is 0 Å². The van der Waals surface area contributed by atoms with Gasteiger partial charge in [0, 0.05) is 38.4 Å². The number of hydrogen-bond acceptors (Lipinski definition) is 5. The normalized spacial score (nSPS) is 14.9. The number of rotatable bonds is 7. The lowest BCUT2D eigenvalue weighted by atomic mass is 10.2. The Kier molecular flexibility index (Phi) is 6.76. The highest BCUT2D eigenvalue weighted by atomic mass is 32.2. The van der Waals surface area contributed by atoms with Crippen LogP contribution in [-0.2, 0) is 14.8 Å². The summed E-state index contributed by atoms with van der Waals surface area (Å²) in [5.41, 5.74) is 1.08. The molecule has 3 rings (SSSR count). The third-order valence-corrected chi connectivity index (χ3v) is 7.05. The molecule has 0 bridgehead atoms. The van der Waals surface area contributed by atoms with Crippen LogP contribution in [0, 0.1) is 0 Å². The predicted octanol–water partition coefficient (Wildman–Crippen LogP) is 2.05. The van der Waals surface area contributed by atoms with E-state index < -0.39 is 10.0 Å². The first-order chi connectivity index (χ1) is 14.0. The fourth-order valence-corrected chi connectivity index (χ4v) is 4.79. The summed E-state index contributed by atoms with van der Waals surface area (Å²) in [6, 6.07) is 16.1. The van der Waals surface area contributed by atoms with Gasteiger partial charge in [0.2, 0.25) is 15.9 Å². The number of carbonyl (C=O) groups excluding carboxylic acids is 1. The molecule has 0 saturated carbocycles. The van der Waals surface area contributed by atoms with Crippen LogP contribution < -0.4 is 9.64 Å². The van der Waals surface area contributed by atoms with Crippen molar-refractivity contribution >= 4 is 21.6 Å². The first-order valence-corrected chi connectivity index (χ1v) is 11.1. The number of sulfonamides is 1. The third-order valence-electron chi connectivity index (χ3n) is 5.12. The summed E-state index contributed by atoms with van der Waals surface area (Å²) in [6.45, 7) is 4.38. The zero-order chi connectivity index (χ0) is 20.9. The van der Waals surface area contributed by atoms with Crippen LogP contribution in [0.1, 0.15) is 6.92 Å². The van der Waals surface area contributed by atoms with Crippen LogP contribution in [0.2, 0.25) is 0 Å². The number of likely N-dealkylation sites (N-methyl/N-ethyl adjacent to an activating group) is 1. The molecule has 8 heteroatoms. The highest BCUT2D eigenvalue weighted by Gasteiger charge is 2.28. The van der Waals surface area contributed by atoms with E-state index in [1.165, 1.54) is 4.31 Å². The molecule has 1 aliphatic rings. The zero-order valence-corrected chi connectivity index (χ0v) is 17.6. The summed E-state index contributed by atoms with van der Waals surface area (Å²) in [4.78, 5) is 16.9. The highest BCUT2D eigenvalue weighted by Crippen LogP contribution is 2.21. The standard InChI is InChI=1S/C21H27N3O4S/c1-3-24(29(26,27)20-7-5-4-6-8-20)17-21(25)23-15-13-22(14-16-23)18-9-11-19(28-2)12-10-18/h4-12H,3,13-17H2,1-2H3. The first kappa shape index (κ1) is 21.1. The number of nitrogens with zero attached hydrogens (tertiary/aromatic N) is 3. The number of ether oxygens (including phenoxy) is 1. The van der Waals surface area contributed by atoms with Gasteiger partial charge in [0.25, 0.3) is 0 Å². The Morgan fingerprint density at radius 3 is 2.17 bits per heavy atom. The Balaban J connectivity index is 1.59. The van der Waals surface area contributed by atoms with Crippen LogP contribution in [-0.4, -0.2) is 69.9 Å². The maximum atomic E-state index is 12.8. The van der Waals surface area contributed by atoms with Crippen molar-refractivity contribution in [3.63, 3.8) is 0 Å². The number of benzene rings is 2. The first-order valence-electron chi connectivity index (χ1n) is 9.67. The van der Waals surface area contributed by atoms with Gasteiger partial charge in [-0.15, -0.1) is 0 Å². The Hall–Kier alpha value is -2.58. The summed E-state index contributed by atoms with van der Waals surface area (Å²) in [5, 5.41) is 0. The minimum absolute atomic E-state index is 0.143. The van der Waals surface area contributed by atoms with Crippen molar-refractivity contribution in [2.45, 2.75) is 11.8 Å². The minimum Gasteiger partial charge on any atom is -0.497 e. The summed E-state index contributed by atoms with van der Waals surface area (Å²) in [5.74, 6) is 0.641. The molecule has 29 heavy (non-hydrogen) atoms. The SMILES string of the molecule is CCN(CC(=O)N1CCN(c2ccc(OC)cc2)CC1)S(=O)(=O)c1ccccc1. The second-order valence-electron chi connectivity index (χ2n) is 6.81. The van der Waals surface area contributed by atoms with Gasteiger partial charge < -0.3 is 14.5 Å². The lowest BCUT2D eigenvalue weighted by molar-refractivity contribution is -0.131. The lowest BCUT2D eigenvalue weighted by Gasteiger charge is -2.37. The van der Waals surface area contributed by atoms with Crippen LogP contribution >= 0.6 is 0 Å². The number of anilines is 1. The quantitative estimate of drug-likeness (QED) is 0.690.